The van der Waals surface area contributed by atoms with E-state index in [0.717, 1.165) is 0 Å². The van der Waals surface area contributed by atoms with Crippen LogP contribution in [-0.4, -0.2) is 53.1 Å². The second-order valence-corrected chi connectivity index (χ2v) is 10.5. The molecule has 2 atom stereocenters. The molecule has 4 aromatic rings. The molecular formula is C30H29FN6O5. The lowest BCUT2D eigenvalue weighted by molar-refractivity contribution is -0.126. The van der Waals surface area contributed by atoms with Crippen LogP contribution in [0.2, 0.25) is 0 Å². The molecule has 12 heteroatoms. The van der Waals surface area contributed by atoms with E-state index in [4.69, 9.17) is 10.5 Å². The van der Waals surface area contributed by atoms with Crippen molar-refractivity contribution in [1.82, 2.24) is 20.6 Å². The lowest BCUT2D eigenvalue weighted by Crippen LogP contribution is -2.42. The van der Waals surface area contributed by atoms with Crippen LogP contribution >= 0.6 is 0 Å². The number of benzene rings is 2. The van der Waals surface area contributed by atoms with Gasteiger partial charge in [0.2, 0.25) is 5.91 Å². The van der Waals surface area contributed by atoms with Gasteiger partial charge < -0.3 is 31.5 Å². The molecule has 11 nitrogen and oxygen atoms in total. The first-order valence-electron chi connectivity index (χ1n) is 13.1. The third kappa shape index (κ3) is 5.19. The van der Waals surface area contributed by atoms with Crippen molar-refractivity contribution >= 4 is 34.4 Å². The summed E-state index contributed by atoms with van der Waals surface area (Å²) in [5.74, 6) is -0.902. The fourth-order valence-electron chi connectivity index (χ4n) is 4.92. The van der Waals surface area contributed by atoms with Gasteiger partial charge in [-0.1, -0.05) is 6.07 Å². The summed E-state index contributed by atoms with van der Waals surface area (Å²) in [6.07, 6.45) is 1.55. The third-order valence-corrected chi connectivity index (χ3v) is 7.29. The second kappa shape index (κ2) is 10.7. The predicted molar refractivity (Wildman–Crippen MR) is 153 cm³/mol. The number of rotatable bonds is 7. The number of aliphatic hydroxyl groups is 1. The quantitative estimate of drug-likeness (QED) is 0.227. The summed E-state index contributed by atoms with van der Waals surface area (Å²) in [5.41, 5.74) is 4.93. The molecule has 5 rings (SSSR count). The van der Waals surface area contributed by atoms with Gasteiger partial charge >= 0.3 is 6.03 Å². The van der Waals surface area contributed by atoms with E-state index in [-0.39, 0.29) is 36.0 Å². The van der Waals surface area contributed by atoms with Gasteiger partial charge in [0.05, 0.1) is 23.4 Å². The summed E-state index contributed by atoms with van der Waals surface area (Å²) in [6.45, 7) is 2.98. The van der Waals surface area contributed by atoms with Gasteiger partial charge in [-0.15, -0.1) is 0 Å². The first-order valence-corrected chi connectivity index (χ1v) is 13.1. The molecule has 2 aromatic carbocycles. The summed E-state index contributed by atoms with van der Waals surface area (Å²) in [7, 11) is 1.52. The van der Waals surface area contributed by atoms with Crippen LogP contribution in [0.15, 0.2) is 60.8 Å². The minimum Gasteiger partial charge on any atom is -0.489 e. The van der Waals surface area contributed by atoms with E-state index in [1.165, 1.54) is 44.3 Å². The second-order valence-electron chi connectivity index (χ2n) is 10.5. The van der Waals surface area contributed by atoms with Crippen LogP contribution < -0.4 is 26.4 Å². The van der Waals surface area contributed by atoms with E-state index in [1.807, 2.05) is 0 Å². The molecule has 216 valence electrons. The molecule has 2 aromatic heterocycles. The molecule has 0 saturated heterocycles. The maximum absolute atomic E-state index is 13.7. The van der Waals surface area contributed by atoms with Gasteiger partial charge in [0.1, 0.15) is 34.9 Å². The lowest BCUT2D eigenvalue weighted by atomic mass is 9.82. The fraction of sp³-hybridized carbons (Fsp3) is 0.233. The van der Waals surface area contributed by atoms with E-state index in [2.05, 4.69) is 25.9 Å². The summed E-state index contributed by atoms with van der Waals surface area (Å²) in [5, 5.41) is 20.0. The molecule has 1 aliphatic heterocycles. The van der Waals surface area contributed by atoms with Crippen LogP contribution in [0.4, 0.5) is 14.9 Å². The van der Waals surface area contributed by atoms with Crippen LogP contribution in [0.25, 0.3) is 22.2 Å². The highest BCUT2D eigenvalue weighted by Gasteiger charge is 2.45. The Morgan fingerprint density at radius 1 is 1.17 bits per heavy atom. The number of pyridine rings is 2. The van der Waals surface area contributed by atoms with Crippen LogP contribution in [-0.2, 0) is 15.8 Å². The Bertz CT molecular complexity index is 1730. The number of nitrogens with two attached hydrogens (primary N) is 1. The van der Waals surface area contributed by atoms with Crippen molar-refractivity contribution in [1.29, 1.82) is 0 Å². The van der Waals surface area contributed by atoms with Gasteiger partial charge in [0.25, 0.3) is 5.91 Å². The largest absolute Gasteiger partial charge is 0.489 e. The van der Waals surface area contributed by atoms with Crippen molar-refractivity contribution in [2.24, 2.45) is 5.73 Å². The molecule has 0 saturated carbocycles. The zero-order valence-electron chi connectivity index (χ0n) is 23.1. The molecular weight excluding hydrogens is 543 g/mol. The molecule has 0 bridgehead atoms. The Morgan fingerprint density at radius 3 is 2.60 bits per heavy atom. The number of hydrogen-bond donors (Lipinski definition) is 5. The van der Waals surface area contributed by atoms with Gasteiger partial charge in [0.15, 0.2) is 0 Å². The average Bonchev–Trinajstić information content (AvgIpc) is 3.32. The fourth-order valence-corrected chi connectivity index (χ4v) is 4.92. The normalized spacial score (nSPS) is 17.1. The molecule has 6 N–H and O–H groups in total. The highest BCUT2D eigenvalue weighted by Crippen LogP contribution is 2.45. The van der Waals surface area contributed by atoms with Crippen molar-refractivity contribution in [2.75, 3.05) is 25.5 Å². The number of primary amides is 1. The molecule has 0 spiro atoms. The van der Waals surface area contributed by atoms with E-state index < -0.39 is 28.8 Å². The minimum atomic E-state index is -1.71. The number of carbonyl (C=O) groups is 3. The van der Waals surface area contributed by atoms with Gasteiger partial charge in [-0.3, -0.25) is 14.6 Å². The number of aromatic nitrogens is 2. The minimum absolute atomic E-state index is 0.0404. The average molecular weight is 573 g/mol. The smallest absolute Gasteiger partial charge is 0.316 e. The zero-order valence-corrected chi connectivity index (χ0v) is 23.1. The number of nitrogens with zero attached hydrogens (tertiary/aromatic N) is 2. The first-order chi connectivity index (χ1) is 19.9. The maximum atomic E-state index is 13.7. The van der Waals surface area contributed by atoms with Crippen molar-refractivity contribution < 1.29 is 28.6 Å². The summed E-state index contributed by atoms with van der Waals surface area (Å²) in [6, 6.07) is 12.9. The molecule has 0 fully saturated rings. The molecule has 0 radical (unpaired) electrons. The third-order valence-electron chi connectivity index (χ3n) is 7.29. The summed E-state index contributed by atoms with van der Waals surface area (Å²) >= 11 is 0. The summed E-state index contributed by atoms with van der Waals surface area (Å²) in [4.78, 5) is 46.6. The van der Waals surface area contributed by atoms with Crippen LogP contribution in [0.1, 0.15) is 35.5 Å². The van der Waals surface area contributed by atoms with Crippen molar-refractivity contribution in [3.63, 3.8) is 0 Å². The highest BCUT2D eigenvalue weighted by atomic mass is 19.1. The molecule has 0 aliphatic carbocycles. The van der Waals surface area contributed by atoms with Gasteiger partial charge in [-0.25, -0.2) is 14.2 Å². The maximum Gasteiger partial charge on any atom is 0.316 e. The lowest BCUT2D eigenvalue weighted by Gasteiger charge is -2.26. The molecule has 1 aliphatic rings. The van der Waals surface area contributed by atoms with E-state index in [9.17, 15) is 23.9 Å². The van der Waals surface area contributed by atoms with E-state index >= 15 is 0 Å². The topological polar surface area (TPSA) is 169 Å². The molecule has 42 heavy (non-hydrogen) atoms. The van der Waals surface area contributed by atoms with E-state index in [0.29, 0.717) is 33.5 Å². The number of urea groups is 1. The van der Waals surface area contributed by atoms with Crippen LogP contribution in [0.5, 0.6) is 5.75 Å². The number of fused-ring (bicyclic) bond motifs is 2. The van der Waals surface area contributed by atoms with Crippen LogP contribution in [0, 0.1) is 5.82 Å². The Balaban J connectivity index is 1.50. The van der Waals surface area contributed by atoms with Gasteiger partial charge in [-0.05, 0) is 62.4 Å². The number of amides is 4. The number of carbonyl (C=O) groups excluding carboxylic acids is 3. The Kier molecular flexibility index (Phi) is 7.25. The first kappa shape index (κ1) is 28.4. The Hall–Kier alpha value is -5.10. The highest BCUT2D eigenvalue weighted by molar-refractivity contribution is 6.05. The van der Waals surface area contributed by atoms with Crippen molar-refractivity contribution in [3.05, 3.63) is 83.4 Å². The predicted octanol–water partition coefficient (Wildman–Crippen LogP) is 2.96. The summed E-state index contributed by atoms with van der Waals surface area (Å²) < 4.78 is 19.6. The number of ether oxygens (including phenoxy) is 1. The Labute approximate surface area is 240 Å². The standard InChI is InChI=1S/C30H29FN6O5/c1-29(27(39)33-3)15-42-25-20(29)13-22(37-24(25)16-6-8-19(31)9-7-16)30(2,41)14-35-26(38)18-11-17-5-4-10-34-23(17)21(12-18)36-28(32)40/h4-13,41H,14-15H2,1-3H3,(H,33,39)(H,35,38)(H3,32,36,40)/t29-,30-/m0/s1. The number of halogens is 1. The van der Waals surface area contributed by atoms with Crippen molar-refractivity contribution in [3.8, 4) is 17.0 Å². The molecule has 4 amide bonds. The van der Waals surface area contributed by atoms with E-state index in [1.54, 1.807) is 37.4 Å². The number of likely N-dealkylation sites (N-methyl/N-ethyl adjacent to an activating group) is 1. The number of nitrogens with one attached hydrogen (secondary N) is 3. The number of hydrogen-bond acceptors (Lipinski definition) is 7. The Morgan fingerprint density at radius 2 is 1.90 bits per heavy atom. The van der Waals surface area contributed by atoms with Gasteiger partial charge in [0, 0.05) is 35.3 Å². The molecule has 0 unspecified atom stereocenters. The number of anilines is 1. The monoisotopic (exact) mass is 572 g/mol. The van der Waals surface area contributed by atoms with Crippen LogP contribution in [0.3, 0.4) is 0 Å². The zero-order chi connectivity index (χ0) is 30.2. The van der Waals surface area contributed by atoms with Gasteiger partial charge in [-0.2, -0.15) is 0 Å². The molecule has 3 heterocycles. The van der Waals surface area contributed by atoms with Crippen molar-refractivity contribution in [2.45, 2.75) is 24.9 Å². The SMILES string of the molecule is CNC(=O)[C@@]1(C)COc2c1cc([C@@](C)(O)CNC(=O)c1cc(NC(N)=O)c3ncccc3c1)nc2-c1ccc(F)cc1.